The van der Waals surface area contributed by atoms with Crippen LogP contribution in [0.3, 0.4) is 0 Å². The molecule has 2 rings (SSSR count). The fraction of sp³-hybridized carbons (Fsp3) is 0.167. The topological polar surface area (TPSA) is 84.5 Å². The van der Waals surface area contributed by atoms with Gasteiger partial charge in [0.1, 0.15) is 5.75 Å². The van der Waals surface area contributed by atoms with Gasteiger partial charge in [0.15, 0.2) is 6.10 Å². The second-order valence-corrected chi connectivity index (χ2v) is 6.99. The second kappa shape index (κ2) is 8.46. The standard InChI is InChI=1S/C18H20N2O4S/c1-3-13-19-25(22,23)17-11-9-15(10-12-17)20-18(21)14(2)24-16-7-5-4-6-8-16/h3-12,14,19H,1,13H2,2H3,(H,20,21). The number of sulfonamides is 1. The molecule has 0 aliphatic heterocycles. The Labute approximate surface area is 147 Å². The largest absolute Gasteiger partial charge is 0.481 e. The lowest BCUT2D eigenvalue weighted by Crippen LogP contribution is -2.30. The smallest absolute Gasteiger partial charge is 0.265 e. The third-order valence-electron chi connectivity index (χ3n) is 3.28. The fourth-order valence-corrected chi connectivity index (χ4v) is 2.97. The minimum Gasteiger partial charge on any atom is -0.481 e. The summed E-state index contributed by atoms with van der Waals surface area (Å²) in [6, 6.07) is 14.9. The highest BCUT2D eigenvalue weighted by atomic mass is 32.2. The SMILES string of the molecule is C=CCNS(=O)(=O)c1ccc(NC(=O)C(C)Oc2ccccc2)cc1. The van der Waals surface area contributed by atoms with Gasteiger partial charge in [-0.3, -0.25) is 4.79 Å². The molecule has 0 saturated carbocycles. The highest BCUT2D eigenvalue weighted by molar-refractivity contribution is 7.89. The van der Waals surface area contributed by atoms with E-state index in [-0.39, 0.29) is 17.3 Å². The summed E-state index contributed by atoms with van der Waals surface area (Å²) in [5.41, 5.74) is 0.483. The lowest BCUT2D eigenvalue weighted by Gasteiger charge is -2.15. The number of hydrogen-bond donors (Lipinski definition) is 2. The van der Waals surface area contributed by atoms with Gasteiger partial charge in [-0.05, 0) is 43.3 Å². The van der Waals surface area contributed by atoms with Gasteiger partial charge in [0.05, 0.1) is 4.90 Å². The highest BCUT2D eigenvalue weighted by Crippen LogP contribution is 2.15. The lowest BCUT2D eigenvalue weighted by atomic mass is 10.3. The quantitative estimate of drug-likeness (QED) is 0.709. The Morgan fingerprint density at radius 1 is 1.16 bits per heavy atom. The molecular formula is C18H20N2O4S. The molecule has 0 radical (unpaired) electrons. The van der Waals surface area contributed by atoms with Gasteiger partial charge in [0, 0.05) is 12.2 Å². The van der Waals surface area contributed by atoms with E-state index in [1.165, 1.54) is 30.3 Å². The zero-order chi connectivity index (χ0) is 18.3. The molecule has 0 heterocycles. The molecule has 0 aliphatic carbocycles. The molecule has 25 heavy (non-hydrogen) atoms. The van der Waals surface area contributed by atoms with Crippen molar-refractivity contribution < 1.29 is 17.9 Å². The molecule has 6 nitrogen and oxygen atoms in total. The predicted octanol–water partition coefficient (Wildman–Crippen LogP) is 2.56. The van der Waals surface area contributed by atoms with Crippen molar-refractivity contribution in [3.8, 4) is 5.75 Å². The normalized spacial score (nSPS) is 12.2. The van der Waals surface area contributed by atoms with Crippen LogP contribution in [0.25, 0.3) is 0 Å². The van der Waals surface area contributed by atoms with Crippen molar-refractivity contribution in [2.24, 2.45) is 0 Å². The first-order valence-electron chi connectivity index (χ1n) is 7.65. The number of rotatable bonds is 8. The number of benzene rings is 2. The van der Waals surface area contributed by atoms with Crippen molar-refractivity contribution >= 4 is 21.6 Å². The van der Waals surface area contributed by atoms with Crippen LogP contribution >= 0.6 is 0 Å². The van der Waals surface area contributed by atoms with E-state index in [2.05, 4.69) is 16.6 Å². The molecule has 0 bridgehead atoms. The molecule has 2 aromatic rings. The summed E-state index contributed by atoms with van der Waals surface area (Å²) in [5.74, 6) is 0.268. The average molecular weight is 360 g/mol. The molecule has 0 aromatic heterocycles. The molecule has 1 atom stereocenters. The van der Waals surface area contributed by atoms with Crippen LogP contribution in [0.1, 0.15) is 6.92 Å². The van der Waals surface area contributed by atoms with Gasteiger partial charge in [-0.15, -0.1) is 6.58 Å². The van der Waals surface area contributed by atoms with Gasteiger partial charge < -0.3 is 10.1 Å². The molecule has 2 N–H and O–H groups in total. The highest BCUT2D eigenvalue weighted by Gasteiger charge is 2.16. The Balaban J connectivity index is 1.98. The van der Waals surface area contributed by atoms with Gasteiger partial charge in [0.2, 0.25) is 10.0 Å². The molecule has 0 spiro atoms. The van der Waals surface area contributed by atoms with Crippen LogP contribution in [-0.2, 0) is 14.8 Å². The summed E-state index contributed by atoms with van der Waals surface area (Å²) in [6.45, 7) is 5.25. The summed E-state index contributed by atoms with van der Waals surface area (Å²) < 4.78 is 31.9. The summed E-state index contributed by atoms with van der Waals surface area (Å²) in [5, 5.41) is 2.69. The minimum absolute atomic E-state index is 0.112. The van der Waals surface area contributed by atoms with Crippen molar-refractivity contribution in [3.63, 3.8) is 0 Å². The number of nitrogens with one attached hydrogen (secondary N) is 2. The Morgan fingerprint density at radius 2 is 1.80 bits per heavy atom. The Morgan fingerprint density at radius 3 is 2.40 bits per heavy atom. The van der Waals surface area contributed by atoms with Crippen LogP contribution in [0, 0.1) is 0 Å². The van der Waals surface area contributed by atoms with Gasteiger partial charge in [-0.1, -0.05) is 24.3 Å². The van der Waals surface area contributed by atoms with E-state index >= 15 is 0 Å². The molecular weight excluding hydrogens is 340 g/mol. The molecule has 0 saturated heterocycles. The second-order valence-electron chi connectivity index (χ2n) is 5.23. The summed E-state index contributed by atoms with van der Waals surface area (Å²) in [4.78, 5) is 12.3. The molecule has 2 aromatic carbocycles. The van der Waals surface area contributed by atoms with Crippen LogP contribution < -0.4 is 14.8 Å². The van der Waals surface area contributed by atoms with E-state index in [1.807, 2.05) is 18.2 Å². The number of para-hydroxylation sites is 1. The first kappa shape index (κ1) is 18.7. The zero-order valence-corrected chi connectivity index (χ0v) is 14.6. The maximum absolute atomic E-state index is 12.2. The number of anilines is 1. The van der Waals surface area contributed by atoms with Crippen molar-refractivity contribution in [1.29, 1.82) is 0 Å². The molecule has 132 valence electrons. The third-order valence-corrected chi connectivity index (χ3v) is 4.71. The van der Waals surface area contributed by atoms with Crippen LogP contribution in [0.2, 0.25) is 0 Å². The van der Waals surface area contributed by atoms with Gasteiger partial charge >= 0.3 is 0 Å². The maximum atomic E-state index is 12.2. The minimum atomic E-state index is -3.58. The Kier molecular flexibility index (Phi) is 6.32. The van der Waals surface area contributed by atoms with Crippen molar-refractivity contribution in [1.82, 2.24) is 4.72 Å². The van der Waals surface area contributed by atoms with Crippen molar-refractivity contribution in [3.05, 3.63) is 67.3 Å². The average Bonchev–Trinajstić information content (AvgIpc) is 2.61. The third kappa shape index (κ3) is 5.44. The van der Waals surface area contributed by atoms with E-state index in [0.29, 0.717) is 11.4 Å². The van der Waals surface area contributed by atoms with Crippen molar-refractivity contribution in [2.45, 2.75) is 17.9 Å². The number of carbonyl (C=O) groups is 1. The first-order valence-corrected chi connectivity index (χ1v) is 9.14. The molecule has 1 unspecified atom stereocenters. The number of ether oxygens (including phenoxy) is 1. The van der Waals surface area contributed by atoms with Crippen LogP contribution in [0.15, 0.2) is 72.1 Å². The Hall–Kier alpha value is -2.64. The summed E-state index contributed by atoms with van der Waals surface area (Å²) in [6.07, 6.45) is 0.764. The first-order chi connectivity index (χ1) is 11.9. The van der Waals surface area contributed by atoms with E-state index < -0.39 is 16.1 Å². The zero-order valence-electron chi connectivity index (χ0n) is 13.8. The van der Waals surface area contributed by atoms with Crippen LogP contribution in [0.5, 0.6) is 5.75 Å². The summed E-state index contributed by atoms with van der Waals surface area (Å²) in [7, 11) is -3.58. The van der Waals surface area contributed by atoms with E-state index in [1.54, 1.807) is 19.1 Å². The number of carbonyl (C=O) groups excluding carboxylic acids is 1. The van der Waals surface area contributed by atoms with Crippen LogP contribution in [-0.4, -0.2) is 27.0 Å². The number of amides is 1. The van der Waals surface area contributed by atoms with Gasteiger partial charge in [-0.2, -0.15) is 0 Å². The number of hydrogen-bond acceptors (Lipinski definition) is 4. The van der Waals surface area contributed by atoms with Gasteiger partial charge in [-0.25, -0.2) is 13.1 Å². The molecule has 0 fully saturated rings. The maximum Gasteiger partial charge on any atom is 0.265 e. The van der Waals surface area contributed by atoms with E-state index in [0.717, 1.165) is 0 Å². The lowest BCUT2D eigenvalue weighted by molar-refractivity contribution is -0.122. The van der Waals surface area contributed by atoms with Crippen LogP contribution in [0.4, 0.5) is 5.69 Å². The predicted molar refractivity (Wildman–Crippen MR) is 97.0 cm³/mol. The van der Waals surface area contributed by atoms with E-state index in [9.17, 15) is 13.2 Å². The molecule has 0 aliphatic rings. The van der Waals surface area contributed by atoms with Crippen molar-refractivity contribution in [2.75, 3.05) is 11.9 Å². The monoisotopic (exact) mass is 360 g/mol. The summed E-state index contributed by atoms with van der Waals surface area (Å²) >= 11 is 0. The van der Waals surface area contributed by atoms with E-state index in [4.69, 9.17) is 4.74 Å². The van der Waals surface area contributed by atoms with Gasteiger partial charge in [0.25, 0.3) is 5.91 Å². The molecule has 7 heteroatoms. The molecule has 1 amide bonds. The Bertz CT molecular complexity index is 818. The fourth-order valence-electron chi connectivity index (χ4n) is 1.97.